The van der Waals surface area contributed by atoms with Gasteiger partial charge in [-0.05, 0) is 82.6 Å². The van der Waals surface area contributed by atoms with E-state index in [1.165, 1.54) is 11.1 Å². The maximum Gasteiger partial charge on any atom is 0.444 e. The van der Waals surface area contributed by atoms with Crippen molar-refractivity contribution >= 4 is 40.2 Å². The van der Waals surface area contributed by atoms with E-state index in [1.54, 1.807) is 11.9 Å². The molecule has 0 atom stereocenters. The van der Waals surface area contributed by atoms with Gasteiger partial charge in [-0.2, -0.15) is 0 Å². The van der Waals surface area contributed by atoms with Gasteiger partial charge in [-0.25, -0.2) is 10.3 Å². The lowest BCUT2D eigenvalue weighted by Gasteiger charge is -2.11. The number of aromatic amines is 1. The highest BCUT2D eigenvalue weighted by atomic mass is 32.2. The summed E-state index contributed by atoms with van der Waals surface area (Å²) >= 11 is 1.58. The first-order valence-corrected chi connectivity index (χ1v) is 11.9. The van der Waals surface area contributed by atoms with Gasteiger partial charge in [-0.3, -0.25) is 0 Å². The first-order chi connectivity index (χ1) is 16.7. The molecule has 0 amide bonds. The van der Waals surface area contributed by atoms with E-state index in [0.29, 0.717) is 6.54 Å². The van der Waals surface area contributed by atoms with Crippen molar-refractivity contribution in [2.75, 3.05) is 10.0 Å². The fraction of sp³-hybridized carbons (Fsp3) is 0.0357. The van der Waals surface area contributed by atoms with Gasteiger partial charge in [-0.15, -0.1) is 0 Å². The number of hydrogen-bond acceptors (Lipinski definition) is 2. The molecule has 0 aliphatic rings. The van der Waals surface area contributed by atoms with Crippen LogP contribution in [0.1, 0.15) is 5.56 Å². The fourth-order valence-corrected chi connectivity index (χ4v) is 4.53. The Morgan fingerprint density at radius 3 is 2.44 bits per heavy atom. The number of anilines is 2. The second-order valence-corrected chi connectivity index (χ2v) is 8.72. The van der Waals surface area contributed by atoms with E-state index in [4.69, 9.17) is 0 Å². The van der Waals surface area contributed by atoms with Crippen LogP contribution in [-0.4, -0.2) is 16.1 Å². The van der Waals surface area contributed by atoms with Crippen molar-refractivity contribution < 1.29 is 10.1 Å². The lowest BCUT2D eigenvalue weighted by Crippen LogP contribution is -2.73. The van der Waals surface area contributed by atoms with Crippen LogP contribution in [0.4, 0.5) is 11.4 Å². The summed E-state index contributed by atoms with van der Waals surface area (Å²) in [6.45, 7) is 0.525. The molecule has 1 heterocycles. The second-order valence-electron chi connectivity index (χ2n) is 7.87. The number of amidine groups is 1. The van der Waals surface area contributed by atoms with Crippen molar-refractivity contribution in [3.63, 3.8) is 0 Å². The molecule has 0 saturated heterocycles. The minimum Gasteiger partial charge on any atom is -0.447 e. The van der Waals surface area contributed by atoms with Gasteiger partial charge in [-0.1, -0.05) is 54.6 Å². The summed E-state index contributed by atoms with van der Waals surface area (Å²) in [5.74, 6) is 0. The Hall–Kier alpha value is -4.16. The lowest BCUT2D eigenvalue weighted by atomic mass is 10.1. The molecule has 5 aromatic rings. The number of benzene rings is 4. The summed E-state index contributed by atoms with van der Waals surface area (Å²) in [5, 5.41) is 14.4. The van der Waals surface area contributed by atoms with Gasteiger partial charge in [0.25, 0.3) is 0 Å². The van der Waals surface area contributed by atoms with Crippen molar-refractivity contribution in [2.45, 2.75) is 11.4 Å². The molecule has 1 aromatic heterocycles. The number of fused-ring (bicyclic) bond motifs is 1. The molecule has 6 heteroatoms. The molecule has 0 radical (unpaired) electrons. The maximum absolute atomic E-state index is 10.3. The summed E-state index contributed by atoms with van der Waals surface area (Å²) in [6, 6.07) is 34.8. The van der Waals surface area contributed by atoms with Crippen molar-refractivity contribution in [3.8, 4) is 11.1 Å². The minimum absolute atomic E-state index is 0.0149. The van der Waals surface area contributed by atoms with Crippen molar-refractivity contribution in [3.05, 3.63) is 115 Å². The Morgan fingerprint density at radius 1 is 0.824 bits per heavy atom. The van der Waals surface area contributed by atoms with E-state index >= 15 is 0 Å². The van der Waals surface area contributed by atoms with Crippen LogP contribution in [0.2, 0.25) is 0 Å². The molecule has 0 unspecified atom stereocenters. The first kappa shape index (κ1) is 21.7. The number of hydrogen-bond donors (Lipinski definition) is 5. The van der Waals surface area contributed by atoms with E-state index in [0.717, 1.165) is 32.7 Å². The van der Waals surface area contributed by atoms with Crippen LogP contribution in [0.25, 0.3) is 22.0 Å². The van der Waals surface area contributed by atoms with Crippen LogP contribution < -0.4 is 15.0 Å². The van der Waals surface area contributed by atoms with Gasteiger partial charge >= 0.3 is 6.02 Å². The quantitative estimate of drug-likeness (QED) is 0.124. The smallest absolute Gasteiger partial charge is 0.444 e. The average molecular weight is 466 g/mol. The molecule has 168 valence electrons. The highest BCUT2D eigenvalue weighted by Gasteiger charge is 2.08. The van der Waals surface area contributed by atoms with Crippen LogP contribution in [0.5, 0.6) is 0 Å². The minimum atomic E-state index is 0.0149. The molecule has 0 bridgehead atoms. The van der Waals surface area contributed by atoms with Gasteiger partial charge < -0.3 is 14.8 Å². The van der Waals surface area contributed by atoms with Crippen LogP contribution in [0, 0.1) is 0 Å². The summed E-state index contributed by atoms with van der Waals surface area (Å²) in [4.78, 5) is 7.36. The first-order valence-electron chi connectivity index (χ1n) is 11.0. The van der Waals surface area contributed by atoms with Gasteiger partial charge in [0.1, 0.15) is 12.2 Å². The third kappa shape index (κ3) is 5.24. The summed E-state index contributed by atoms with van der Waals surface area (Å²) in [6.07, 6.45) is 1.92. The van der Waals surface area contributed by atoms with Gasteiger partial charge in [0.15, 0.2) is 0 Å². The van der Waals surface area contributed by atoms with E-state index in [2.05, 4.69) is 68.5 Å². The highest BCUT2D eigenvalue weighted by Crippen LogP contribution is 2.32. The number of aromatic nitrogens is 1. The number of aliphatic hydroxyl groups is 1. The average Bonchev–Trinajstić information content (AvgIpc) is 3.36. The van der Waals surface area contributed by atoms with Crippen molar-refractivity contribution in [1.29, 1.82) is 0 Å². The Bertz CT molecular complexity index is 1410. The summed E-state index contributed by atoms with van der Waals surface area (Å²) in [7, 11) is 0. The predicted molar refractivity (Wildman–Crippen MR) is 142 cm³/mol. The largest absolute Gasteiger partial charge is 0.447 e. The number of rotatable bonds is 7. The third-order valence-electron chi connectivity index (χ3n) is 5.48. The number of H-pyrrole nitrogens is 1. The van der Waals surface area contributed by atoms with Crippen LogP contribution in [0.15, 0.2) is 114 Å². The zero-order chi connectivity index (χ0) is 23.2. The molecule has 5 N–H and O–H groups in total. The van der Waals surface area contributed by atoms with Crippen LogP contribution >= 0.6 is 11.9 Å². The normalized spacial score (nSPS) is 11.5. The van der Waals surface area contributed by atoms with Crippen molar-refractivity contribution in [2.24, 2.45) is 0 Å². The molecule has 0 spiro atoms. The molecule has 5 rings (SSSR count). The fourth-order valence-electron chi connectivity index (χ4n) is 3.73. The molecule has 5 nitrogen and oxygen atoms in total. The van der Waals surface area contributed by atoms with Gasteiger partial charge in [0.2, 0.25) is 0 Å². The maximum atomic E-state index is 10.3. The molecular weight excluding hydrogens is 440 g/mol. The monoisotopic (exact) mass is 465 g/mol. The molecule has 0 aliphatic heterocycles. The van der Waals surface area contributed by atoms with Crippen LogP contribution in [-0.2, 0) is 6.54 Å². The molecule has 34 heavy (non-hydrogen) atoms. The molecule has 0 saturated carbocycles. The standard InChI is InChI=1S/C28H24N4OS/c33-28(30-19-20-10-15-26-22(18-20)16-17-29-26)31-23-11-13-24(14-12-23)32-34-27-9-5-4-8-25(27)21-6-2-1-3-7-21/h1-18,29,32H,19H2,(H2,30,31,33)/p+1. The van der Waals surface area contributed by atoms with E-state index in [1.807, 2.05) is 60.8 Å². The SMILES string of the molecule is OC(Nc1ccc(NSc2ccccc2-c2ccccc2)cc1)=[NH+]Cc1ccc2[nH]ccc2c1. The van der Waals surface area contributed by atoms with Crippen molar-refractivity contribution in [1.82, 2.24) is 4.98 Å². The highest BCUT2D eigenvalue weighted by molar-refractivity contribution is 8.00. The molecule has 0 fully saturated rings. The Morgan fingerprint density at radius 2 is 1.59 bits per heavy atom. The van der Waals surface area contributed by atoms with E-state index < -0.39 is 0 Å². The third-order valence-corrected chi connectivity index (χ3v) is 6.39. The topological polar surface area (TPSA) is 74.0 Å². The zero-order valence-electron chi connectivity index (χ0n) is 18.5. The Kier molecular flexibility index (Phi) is 6.49. The Labute approximate surface area is 202 Å². The number of nitrogens with one attached hydrogen (secondary N) is 4. The van der Waals surface area contributed by atoms with Crippen LogP contribution in [0.3, 0.4) is 0 Å². The molecule has 0 aliphatic carbocycles. The van der Waals surface area contributed by atoms with E-state index in [9.17, 15) is 5.11 Å². The van der Waals surface area contributed by atoms with Gasteiger partial charge in [0, 0.05) is 22.3 Å². The molecule has 4 aromatic carbocycles. The van der Waals surface area contributed by atoms with E-state index in [-0.39, 0.29) is 6.02 Å². The summed E-state index contributed by atoms with van der Waals surface area (Å²) < 4.78 is 3.41. The number of aliphatic hydroxyl groups excluding tert-OH is 1. The lowest BCUT2D eigenvalue weighted by molar-refractivity contribution is -0.484. The zero-order valence-corrected chi connectivity index (χ0v) is 19.3. The van der Waals surface area contributed by atoms with Gasteiger partial charge in [0.05, 0.1) is 0 Å². The predicted octanol–water partition coefficient (Wildman–Crippen LogP) is 5.56. The Balaban J connectivity index is 1.18. The second kappa shape index (κ2) is 10.2. The summed E-state index contributed by atoms with van der Waals surface area (Å²) in [5.41, 5.74) is 6.36. The molecular formula is C28H25N4OS+.